The molecule has 0 rings (SSSR count). The fraction of sp³-hybridized carbons (Fsp3) is 0.857. The zero-order valence-corrected chi connectivity index (χ0v) is 8.19. The molecule has 0 fully saturated rings. The zero-order chi connectivity index (χ0) is 9.61. The molecule has 0 saturated heterocycles. The minimum Gasteiger partial charge on any atom is -0.384 e. The topological polar surface area (TPSA) is 60.4 Å². The van der Waals surface area contributed by atoms with Gasteiger partial charge in [-0.3, -0.25) is 4.79 Å². The standard InChI is InChI=1S/C7H14O4S/c1-11-5-3-7(8)4-6-12(2,9)10/h3-6H2,1-2H3. The number of carbonyl (C=O) groups is 1. The highest BCUT2D eigenvalue weighted by Gasteiger charge is 2.07. The summed E-state index contributed by atoms with van der Waals surface area (Å²) in [5.74, 6) is -0.127. The third-order valence-corrected chi connectivity index (χ3v) is 2.28. The molecule has 0 radical (unpaired) electrons. The van der Waals surface area contributed by atoms with E-state index in [1.54, 1.807) is 0 Å². The molecule has 0 aromatic heterocycles. The molecular weight excluding hydrogens is 180 g/mol. The molecule has 0 heterocycles. The molecule has 5 heteroatoms. The maximum atomic E-state index is 10.9. The first-order chi connectivity index (χ1) is 5.45. The first-order valence-electron chi connectivity index (χ1n) is 3.64. The van der Waals surface area contributed by atoms with E-state index in [0.717, 1.165) is 6.26 Å². The fourth-order valence-electron chi connectivity index (χ4n) is 0.640. The van der Waals surface area contributed by atoms with Crippen molar-refractivity contribution < 1.29 is 17.9 Å². The molecular formula is C7H14O4S. The molecule has 0 aromatic carbocycles. The summed E-state index contributed by atoms with van der Waals surface area (Å²) < 4.78 is 25.9. The second-order valence-corrected chi connectivity index (χ2v) is 4.92. The van der Waals surface area contributed by atoms with E-state index in [4.69, 9.17) is 0 Å². The van der Waals surface area contributed by atoms with Crippen LogP contribution in [0.4, 0.5) is 0 Å². The number of rotatable bonds is 6. The van der Waals surface area contributed by atoms with Gasteiger partial charge in [-0.05, 0) is 0 Å². The first-order valence-corrected chi connectivity index (χ1v) is 5.70. The van der Waals surface area contributed by atoms with Crippen LogP contribution in [0.3, 0.4) is 0 Å². The Morgan fingerprint density at radius 1 is 1.33 bits per heavy atom. The molecule has 4 nitrogen and oxygen atoms in total. The Hall–Kier alpha value is -0.420. The summed E-state index contributed by atoms with van der Waals surface area (Å²) in [5, 5.41) is 0. The average molecular weight is 194 g/mol. The molecule has 0 bridgehead atoms. The highest BCUT2D eigenvalue weighted by Crippen LogP contribution is 1.94. The van der Waals surface area contributed by atoms with Crippen LogP contribution < -0.4 is 0 Å². The number of carbonyl (C=O) groups excluding carboxylic acids is 1. The van der Waals surface area contributed by atoms with Crippen molar-refractivity contribution in [3.05, 3.63) is 0 Å². The Bertz CT molecular complexity index is 230. The molecule has 0 amide bonds. The van der Waals surface area contributed by atoms with E-state index in [0.29, 0.717) is 13.0 Å². The maximum absolute atomic E-state index is 10.9. The van der Waals surface area contributed by atoms with Crippen molar-refractivity contribution in [3.63, 3.8) is 0 Å². The van der Waals surface area contributed by atoms with E-state index < -0.39 is 9.84 Å². The largest absolute Gasteiger partial charge is 0.384 e. The van der Waals surface area contributed by atoms with Crippen molar-refractivity contribution in [2.75, 3.05) is 25.7 Å². The summed E-state index contributed by atoms with van der Waals surface area (Å²) in [7, 11) is -1.50. The number of ether oxygens (including phenoxy) is 1. The lowest BCUT2D eigenvalue weighted by Gasteiger charge is -1.98. The van der Waals surface area contributed by atoms with Gasteiger partial charge in [-0.15, -0.1) is 0 Å². The molecule has 0 spiro atoms. The summed E-state index contributed by atoms with van der Waals surface area (Å²) in [6, 6.07) is 0. The van der Waals surface area contributed by atoms with Gasteiger partial charge in [-0.2, -0.15) is 0 Å². The average Bonchev–Trinajstić information content (AvgIpc) is 1.95. The second kappa shape index (κ2) is 5.27. The summed E-state index contributed by atoms with van der Waals surface area (Å²) in [5.41, 5.74) is 0. The van der Waals surface area contributed by atoms with Gasteiger partial charge in [0, 0.05) is 26.2 Å². The minimum atomic E-state index is -3.01. The van der Waals surface area contributed by atoms with E-state index >= 15 is 0 Å². The summed E-state index contributed by atoms with van der Waals surface area (Å²) in [4.78, 5) is 10.9. The number of hydrogen-bond donors (Lipinski definition) is 0. The highest BCUT2D eigenvalue weighted by molar-refractivity contribution is 7.90. The lowest BCUT2D eigenvalue weighted by Crippen LogP contribution is -2.10. The SMILES string of the molecule is COCCC(=O)CCS(C)(=O)=O. The number of sulfone groups is 1. The van der Waals surface area contributed by atoms with Crippen molar-refractivity contribution >= 4 is 15.6 Å². The van der Waals surface area contributed by atoms with Crippen LogP contribution in [0.15, 0.2) is 0 Å². The summed E-state index contributed by atoms with van der Waals surface area (Å²) in [6.07, 6.45) is 1.52. The van der Waals surface area contributed by atoms with Gasteiger partial charge < -0.3 is 4.74 Å². The molecule has 0 aliphatic heterocycles. The fourth-order valence-corrected chi connectivity index (χ4v) is 1.24. The Balaban J connectivity index is 3.58. The normalized spacial score (nSPS) is 11.5. The van der Waals surface area contributed by atoms with Crippen molar-refractivity contribution in [3.8, 4) is 0 Å². The third-order valence-electron chi connectivity index (χ3n) is 1.34. The van der Waals surface area contributed by atoms with E-state index in [-0.39, 0.29) is 18.0 Å². The van der Waals surface area contributed by atoms with Crippen LogP contribution in [0.1, 0.15) is 12.8 Å². The van der Waals surface area contributed by atoms with Gasteiger partial charge in [0.15, 0.2) is 0 Å². The summed E-state index contributed by atoms with van der Waals surface area (Å²) >= 11 is 0. The monoisotopic (exact) mass is 194 g/mol. The van der Waals surface area contributed by atoms with Gasteiger partial charge in [0.1, 0.15) is 15.6 Å². The van der Waals surface area contributed by atoms with Crippen LogP contribution in [0.5, 0.6) is 0 Å². The van der Waals surface area contributed by atoms with Crippen LogP contribution >= 0.6 is 0 Å². The van der Waals surface area contributed by atoms with Crippen LogP contribution in [-0.4, -0.2) is 39.9 Å². The van der Waals surface area contributed by atoms with Crippen molar-refractivity contribution in [1.29, 1.82) is 0 Å². The van der Waals surface area contributed by atoms with Gasteiger partial charge in [0.05, 0.1) is 12.4 Å². The predicted octanol–water partition coefficient (Wildman–Crippen LogP) is 0.0267. The van der Waals surface area contributed by atoms with Crippen molar-refractivity contribution in [2.24, 2.45) is 0 Å². The van der Waals surface area contributed by atoms with Gasteiger partial charge >= 0.3 is 0 Å². The van der Waals surface area contributed by atoms with Crippen LogP contribution in [0.2, 0.25) is 0 Å². The molecule has 12 heavy (non-hydrogen) atoms. The van der Waals surface area contributed by atoms with Gasteiger partial charge in [0.25, 0.3) is 0 Å². The molecule has 0 N–H and O–H groups in total. The Morgan fingerprint density at radius 2 is 1.92 bits per heavy atom. The number of ketones is 1. The highest BCUT2D eigenvalue weighted by atomic mass is 32.2. The number of hydrogen-bond acceptors (Lipinski definition) is 4. The van der Waals surface area contributed by atoms with Crippen LogP contribution in [0, 0.1) is 0 Å². The lowest BCUT2D eigenvalue weighted by molar-refractivity contribution is -0.119. The third kappa shape index (κ3) is 7.68. The Labute approximate surface area is 72.8 Å². The minimum absolute atomic E-state index is 0.0600. The number of methoxy groups -OCH3 is 1. The summed E-state index contributed by atoms with van der Waals surface area (Å²) in [6.45, 7) is 0.364. The van der Waals surface area contributed by atoms with Crippen molar-refractivity contribution in [1.82, 2.24) is 0 Å². The van der Waals surface area contributed by atoms with E-state index in [1.165, 1.54) is 7.11 Å². The Kier molecular flexibility index (Phi) is 5.08. The van der Waals surface area contributed by atoms with E-state index in [9.17, 15) is 13.2 Å². The molecule has 72 valence electrons. The number of Topliss-reactive ketones (excluding diaryl/α,β-unsaturated/α-hetero) is 1. The van der Waals surface area contributed by atoms with Gasteiger partial charge in [0.2, 0.25) is 0 Å². The first kappa shape index (κ1) is 11.6. The van der Waals surface area contributed by atoms with E-state index in [2.05, 4.69) is 4.74 Å². The quantitative estimate of drug-likeness (QED) is 0.598. The lowest BCUT2D eigenvalue weighted by atomic mass is 10.2. The van der Waals surface area contributed by atoms with E-state index in [1.807, 2.05) is 0 Å². The predicted molar refractivity (Wildman–Crippen MR) is 45.8 cm³/mol. The smallest absolute Gasteiger partial charge is 0.147 e. The molecule has 0 unspecified atom stereocenters. The molecule has 0 aromatic rings. The van der Waals surface area contributed by atoms with Crippen LogP contribution in [0.25, 0.3) is 0 Å². The molecule has 0 saturated carbocycles. The molecule has 0 aliphatic carbocycles. The van der Waals surface area contributed by atoms with Crippen molar-refractivity contribution in [2.45, 2.75) is 12.8 Å². The Morgan fingerprint density at radius 3 is 2.33 bits per heavy atom. The maximum Gasteiger partial charge on any atom is 0.147 e. The van der Waals surface area contributed by atoms with Gasteiger partial charge in [-0.1, -0.05) is 0 Å². The second-order valence-electron chi connectivity index (χ2n) is 2.66. The molecule has 0 aliphatic rings. The zero-order valence-electron chi connectivity index (χ0n) is 7.37. The van der Waals surface area contributed by atoms with Gasteiger partial charge in [-0.25, -0.2) is 8.42 Å². The molecule has 0 atom stereocenters. The van der Waals surface area contributed by atoms with Crippen LogP contribution in [-0.2, 0) is 19.4 Å².